The molecule has 0 saturated carbocycles. The summed E-state index contributed by atoms with van der Waals surface area (Å²) in [6, 6.07) is 2.07. The van der Waals surface area contributed by atoms with Gasteiger partial charge in [-0.05, 0) is 33.3 Å². The van der Waals surface area contributed by atoms with E-state index in [1.54, 1.807) is 12.4 Å². The molecule has 1 saturated heterocycles. The molecule has 1 aliphatic heterocycles. The lowest BCUT2D eigenvalue weighted by atomic mass is 10.1. The van der Waals surface area contributed by atoms with Crippen LogP contribution in [0.4, 0.5) is 10.5 Å². The topological polar surface area (TPSA) is 72.3 Å². The molecule has 0 spiro atoms. The summed E-state index contributed by atoms with van der Waals surface area (Å²) in [7, 11) is 0. The molecule has 7 heteroatoms. The highest BCUT2D eigenvalue weighted by molar-refractivity contribution is 5.91. The lowest BCUT2D eigenvalue weighted by Crippen LogP contribution is -2.38. The van der Waals surface area contributed by atoms with Crippen LogP contribution in [0.1, 0.15) is 33.2 Å². The number of urea groups is 1. The summed E-state index contributed by atoms with van der Waals surface area (Å²) in [5.74, 6) is 0.431. The van der Waals surface area contributed by atoms with Crippen molar-refractivity contribution in [3.63, 3.8) is 0 Å². The van der Waals surface area contributed by atoms with E-state index in [1.165, 1.54) is 0 Å². The third-order valence-corrected chi connectivity index (χ3v) is 4.35. The smallest absolute Gasteiger partial charge is 0.321 e. The number of amides is 2. The van der Waals surface area contributed by atoms with E-state index in [2.05, 4.69) is 29.2 Å². The maximum Gasteiger partial charge on any atom is 0.321 e. The van der Waals surface area contributed by atoms with Crippen LogP contribution in [0, 0.1) is 5.92 Å². The van der Waals surface area contributed by atoms with Crippen molar-refractivity contribution in [1.29, 1.82) is 0 Å². The molecular weight excluding hydrogens is 306 g/mol. The van der Waals surface area contributed by atoms with Crippen LogP contribution in [0.5, 0.6) is 0 Å². The highest BCUT2D eigenvalue weighted by Gasteiger charge is 2.21. The van der Waals surface area contributed by atoms with Crippen LogP contribution in [0.2, 0.25) is 0 Å². The second kappa shape index (κ2) is 7.17. The molecule has 0 aromatic carbocycles. The quantitative estimate of drug-likeness (QED) is 0.914. The molecule has 2 aromatic heterocycles. The van der Waals surface area contributed by atoms with E-state index in [1.807, 2.05) is 22.6 Å². The molecule has 1 unspecified atom stereocenters. The van der Waals surface area contributed by atoms with E-state index in [9.17, 15) is 4.79 Å². The Morgan fingerprint density at radius 3 is 3.00 bits per heavy atom. The van der Waals surface area contributed by atoms with Gasteiger partial charge in [0.1, 0.15) is 0 Å². The van der Waals surface area contributed by atoms with Gasteiger partial charge in [-0.2, -0.15) is 5.10 Å². The summed E-state index contributed by atoms with van der Waals surface area (Å²) in [4.78, 5) is 18.8. The van der Waals surface area contributed by atoms with E-state index >= 15 is 0 Å². The Labute approximate surface area is 142 Å². The zero-order chi connectivity index (χ0) is 17.1. The molecule has 130 valence electrons. The van der Waals surface area contributed by atoms with E-state index in [0.717, 1.165) is 37.2 Å². The number of carbonyl (C=O) groups excluding carboxylic acids is 1. The summed E-state index contributed by atoms with van der Waals surface area (Å²) in [6.07, 6.45) is 4.49. The zero-order valence-corrected chi connectivity index (χ0v) is 14.5. The van der Waals surface area contributed by atoms with E-state index in [0.29, 0.717) is 18.2 Å². The number of aromatic nitrogens is 3. The Morgan fingerprint density at radius 1 is 1.50 bits per heavy atom. The summed E-state index contributed by atoms with van der Waals surface area (Å²) >= 11 is 0. The molecule has 1 atom stereocenters. The molecule has 3 heterocycles. The van der Waals surface area contributed by atoms with Gasteiger partial charge in [0.25, 0.3) is 0 Å². The summed E-state index contributed by atoms with van der Waals surface area (Å²) in [5.41, 5.74) is 1.52. The van der Waals surface area contributed by atoms with Gasteiger partial charge in [0.15, 0.2) is 5.65 Å². The molecule has 1 aliphatic rings. The number of nitrogens with zero attached hydrogens (tertiary/aromatic N) is 4. The Hall–Kier alpha value is -2.15. The van der Waals surface area contributed by atoms with Crippen molar-refractivity contribution >= 4 is 22.8 Å². The highest BCUT2D eigenvalue weighted by Crippen LogP contribution is 2.20. The number of fused-ring (bicyclic) bond motifs is 1. The molecule has 1 N–H and O–H groups in total. The molecule has 0 bridgehead atoms. The van der Waals surface area contributed by atoms with Crippen LogP contribution in [-0.4, -0.2) is 52.0 Å². The van der Waals surface area contributed by atoms with Crippen molar-refractivity contribution in [2.24, 2.45) is 5.92 Å². The normalized spacial score (nSPS) is 17.6. The lowest BCUT2D eigenvalue weighted by molar-refractivity contribution is 0.171. The Kier molecular flexibility index (Phi) is 4.99. The third kappa shape index (κ3) is 3.51. The van der Waals surface area contributed by atoms with Crippen molar-refractivity contribution in [3.8, 4) is 0 Å². The Bertz CT molecular complexity index is 706. The number of pyridine rings is 1. The van der Waals surface area contributed by atoms with E-state index < -0.39 is 0 Å². The molecule has 24 heavy (non-hydrogen) atoms. The molecule has 2 aromatic rings. The maximum absolute atomic E-state index is 12.5. The predicted octanol–water partition coefficient (Wildman–Crippen LogP) is 2.90. The second-order valence-electron chi connectivity index (χ2n) is 6.52. The van der Waals surface area contributed by atoms with Gasteiger partial charge in [0.2, 0.25) is 0 Å². The third-order valence-electron chi connectivity index (χ3n) is 4.35. The van der Waals surface area contributed by atoms with Crippen LogP contribution < -0.4 is 5.32 Å². The molecular formula is C17H25N5O2. The van der Waals surface area contributed by atoms with Crippen molar-refractivity contribution in [2.45, 2.75) is 33.2 Å². The largest absolute Gasteiger partial charge is 0.381 e. The Balaban J connectivity index is 1.69. The molecule has 0 aliphatic carbocycles. The average molecular weight is 331 g/mol. The molecule has 0 radical (unpaired) electrons. The summed E-state index contributed by atoms with van der Waals surface area (Å²) < 4.78 is 7.27. The summed E-state index contributed by atoms with van der Waals surface area (Å²) in [5, 5.41) is 8.22. The number of nitrogens with one attached hydrogen (secondary N) is 1. The number of anilines is 1. The van der Waals surface area contributed by atoms with Crippen LogP contribution in [0.25, 0.3) is 11.0 Å². The molecule has 1 fully saturated rings. The fraction of sp³-hybridized carbons (Fsp3) is 0.588. The highest BCUT2D eigenvalue weighted by atomic mass is 16.5. The van der Waals surface area contributed by atoms with Crippen molar-refractivity contribution in [1.82, 2.24) is 19.7 Å². The van der Waals surface area contributed by atoms with Crippen LogP contribution >= 0.6 is 0 Å². The second-order valence-corrected chi connectivity index (χ2v) is 6.52. The van der Waals surface area contributed by atoms with Gasteiger partial charge in [0, 0.05) is 37.0 Å². The fourth-order valence-corrected chi connectivity index (χ4v) is 2.98. The molecule has 3 rings (SSSR count). The monoisotopic (exact) mass is 331 g/mol. The first-order valence-electron chi connectivity index (χ1n) is 8.55. The maximum atomic E-state index is 12.5. The number of ether oxygens (including phenoxy) is 1. The minimum absolute atomic E-state index is 0.0956. The van der Waals surface area contributed by atoms with Crippen LogP contribution in [-0.2, 0) is 4.74 Å². The van der Waals surface area contributed by atoms with Gasteiger partial charge < -0.3 is 15.0 Å². The van der Waals surface area contributed by atoms with E-state index in [-0.39, 0.29) is 12.1 Å². The number of rotatable bonds is 5. The minimum Gasteiger partial charge on any atom is -0.381 e. The first-order valence-corrected chi connectivity index (χ1v) is 8.55. The molecule has 2 amide bonds. The number of hydrogen-bond donors (Lipinski definition) is 1. The van der Waals surface area contributed by atoms with Gasteiger partial charge in [-0.15, -0.1) is 0 Å². The first kappa shape index (κ1) is 16.7. The molecule has 7 nitrogen and oxygen atoms in total. The van der Waals surface area contributed by atoms with Gasteiger partial charge in [-0.1, -0.05) is 0 Å². The predicted molar refractivity (Wildman–Crippen MR) is 93.1 cm³/mol. The lowest BCUT2D eigenvalue weighted by Gasteiger charge is -2.24. The zero-order valence-electron chi connectivity index (χ0n) is 14.5. The van der Waals surface area contributed by atoms with Crippen molar-refractivity contribution in [2.75, 3.05) is 31.6 Å². The van der Waals surface area contributed by atoms with Crippen LogP contribution in [0.3, 0.4) is 0 Å². The van der Waals surface area contributed by atoms with Crippen molar-refractivity contribution < 1.29 is 9.53 Å². The van der Waals surface area contributed by atoms with Gasteiger partial charge in [-0.3, -0.25) is 0 Å². The van der Waals surface area contributed by atoms with Crippen molar-refractivity contribution in [3.05, 3.63) is 18.5 Å². The van der Waals surface area contributed by atoms with E-state index in [4.69, 9.17) is 4.74 Å². The number of carbonyl (C=O) groups is 1. The average Bonchev–Trinajstić information content (AvgIpc) is 3.21. The first-order chi connectivity index (χ1) is 11.6. The summed E-state index contributed by atoms with van der Waals surface area (Å²) in [6.45, 7) is 9.05. The Morgan fingerprint density at radius 2 is 2.33 bits per heavy atom. The fourth-order valence-electron chi connectivity index (χ4n) is 2.98. The van der Waals surface area contributed by atoms with Gasteiger partial charge >= 0.3 is 6.03 Å². The minimum atomic E-state index is -0.0956. The van der Waals surface area contributed by atoms with Crippen LogP contribution in [0.15, 0.2) is 18.5 Å². The van der Waals surface area contributed by atoms with Gasteiger partial charge in [0.05, 0.1) is 24.7 Å². The standard InChI is InChI=1S/C17H25N5O2/c1-4-21(10-13-5-6-24-11-13)17(23)20-15-7-14-8-19-22(12(2)3)16(14)18-9-15/h7-9,12-13H,4-6,10-11H2,1-3H3,(H,20,23). The number of hydrogen-bond acceptors (Lipinski definition) is 4. The van der Waals surface area contributed by atoms with Gasteiger partial charge in [-0.25, -0.2) is 14.5 Å². The SMILES string of the molecule is CCN(CC1CCOC1)C(=O)Nc1cnc2c(cnn2C(C)C)c1.